The molecular weight excluding hydrogens is 369 g/mol. The highest BCUT2D eigenvalue weighted by atomic mass is 19.1. The summed E-state index contributed by atoms with van der Waals surface area (Å²) in [4.78, 5) is 29.5. The molecule has 1 atom stereocenters. The topological polar surface area (TPSA) is 52.7 Å². The fourth-order valence-electron chi connectivity index (χ4n) is 3.63. The van der Waals surface area contributed by atoms with Crippen LogP contribution in [0.25, 0.3) is 0 Å². The number of halogens is 1. The number of hydrogen-bond donors (Lipinski definition) is 1. The van der Waals surface area contributed by atoms with Crippen LogP contribution in [-0.4, -0.2) is 48.9 Å². The maximum atomic E-state index is 14.0. The molecule has 0 spiro atoms. The summed E-state index contributed by atoms with van der Waals surface area (Å²) < 4.78 is 14.0. The number of amides is 2. The normalized spacial score (nSPS) is 15.3. The van der Waals surface area contributed by atoms with E-state index in [9.17, 15) is 14.0 Å². The fraction of sp³-hybridized carbons (Fsp3) is 0.391. The average molecular weight is 397 g/mol. The molecule has 1 N–H and O–H groups in total. The van der Waals surface area contributed by atoms with Gasteiger partial charge in [0.1, 0.15) is 11.9 Å². The van der Waals surface area contributed by atoms with Gasteiger partial charge >= 0.3 is 0 Å². The Morgan fingerprint density at radius 3 is 2.21 bits per heavy atom. The lowest BCUT2D eigenvalue weighted by molar-refractivity contribution is -0.134. The van der Waals surface area contributed by atoms with Gasteiger partial charge in [0.25, 0.3) is 5.91 Å². The Kier molecular flexibility index (Phi) is 6.52. The zero-order valence-electron chi connectivity index (χ0n) is 17.2. The molecule has 154 valence electrons. The molecule has 0 radical (unpaired) electrons. The highest BCUT2D eigenvalue weighted by Crippen LogP contribution is 2.21. The van der Waals surface area contributed by atoms with Crippen LogP contribution in [-0.2, 0) is 4.79 Å². The van der Waals surface area contributed by atoms with Crippen LogP contribution in [0.3, 0.4) is 0 Å². The first kappa shape index (κ1) is 20.8. The van der Waals surface area contributed by atoms with Crippen molar-refractivity contribution in [3.05, 3.63) is 65.5 Å². The Morgan fingerprint density at radius 2 is 1.59 bits per heavy atom. The smallest absolute Gasteiger partial charge is 0.252 e. The van der Waals surface area contributed by atoms with Crippen LogP contribution in [0, 0.1) is 18.7 Å². The molecule has 0 aliphatic carbocycles. The highest BCUT2D eigenvalue weighted by molar-refractivity contribution is 5.98. The first-order valence-corrected chi connectivity index (χ1v) is 10.0. The van der Waals surface area contributed by atoms with Crippen LogP contribution in [0.4, 0.5) is 10.1 Å². The Morgan fingerprint density at radius 1 is 0.966 bits per heavy atom. The largest absolute Gasteiger partial charge is 0.366 e. The number of para-hydroxylation sites is 1. The molecule has 1 heterocycles. The third-order valence-electron chi connectivity index (χ3n) is 5.39. The van der Waals surface area contributed by atoms with Crippen molar-refractivity contribution in [2.75, 3.05) is 31.1 Å². The standard InChI is InChI=1S/C23H28FN3O2/c1-16(2)21(25-22(28)18-9-5-4-8-17(18)3)23(29)27-14-12-26(13-15-27)20-11-7-6-10-19(20)24/h4-11,16,21H,12-15H2,1-3H3,(H,25,28). The van der Waals surface area contributed by atoms with Gasteiger partial charge in [-0.25, -0.2) is 4.39 Å². The Labute approximate surface area is 171 Å². The third kappa shape index (κ3) is 4.75. The van der Waals surface area contributed by atoms with E-state index >= 15 is 0 Å². The second kappa shape index (κ2) is 9.07. The van der Waals surface area contributed by atoms with E-state index in [2.05, 4.69) is 5.32 Å². The molecule has 2 aromatic carbocycles. The van der Waals surface area contributed by atoms with Gasteiger partial charge in [-0.1, -0.05) is 44.2 Å². The molecule has 1 fully saturated rings. The summed E-state index contributed by atoms with van der Waals surface area (Å²) in [6.45, 7) is 7.84. The zero-order chi connectivity index (χ0) is 21.0. The summed E-state index contributed by atoms with van der Waals surface area (Å²) in [5, 5.41) is 2.92. The molecule has 2 amide bonds. The second-order valence-electron chi connectivity index (χ2n) is 7.77. The molecule has 0 bridgehead atoms. The summed E-state index contributed by atoms with van der Waals surface area (Å²) in [5.74, 6) is -0.617. The lowest BCUT2D eigenvalue weighted by atomic mass is 10.0. The molecule has 1 aliphatic rings. The first-order chi connectivity index (χ1) is 13.9. The molecule has 29 heavy (non-hydrogen) atoms. The van der Waals surface area contributed by atoms with E-state index in [0.717, 1.165) is 5.56 Å². The average Bonchev–Trinajstić information content (AvgIpc) is 2.72. The van der Waals surface area contributed by atoms with Gasteiger partial charge in [0.05, 0.1) is 5.69 Å². The van der Waals surface area contributed by atoms with Crippen LogP contribution in [0.1, 0.15) is 29.8 Å². The predicted molar refractivity (Wildman–Crippen MR) is 112 cm³/mol. The van der Waals surface area contributed by atoms with Crippen LogP contribution >= 0.6 is 0 Å². The van der Waals surface area contributed by atoms with Gasteiger partial charge in [-0.2, -0.15) is 0 Å². The Hall–Kier alpha value is -2.89. The predicted octanol–water partition coefficient (Wildman–Crippen LogP) is 3.24. The number of nitrogens with zero attached hydrogens (tertiary/aromatic N) is 2. The van der Waals surface area contributed by atoms with E-state index in [1.807, 2.05) is 49.9 Å². The van der Waals surface area contributed by atoms with Crippen molar-refractivity contribution in [2.24, 2.45) is 5.92 Å². The van der Waals surface area contributed by atoms with E-state index in [4.69, 9.17) is 0 Å². The number of hydrogen-bond acceptors (Lipinski definition) is 3. The molecular formula is C23H28FN3O2. The van der Waals surface area contributed by atoms with Crippen molar-refractivity contribution in [3.63, 3.8) is 0 Å². The summed E-state index contributed by atoms with van der Waals surface area (Å²) in [7, 11) is 0. The van der Waals surface area contributed by atoms with Crippen molar-refractivity contribution in [1.29, 1.82) is 0 Å². The van der Waals surface area contributed by atoms with Gasteiger partial charge in [-0.15, -0.1) is 0 Å². The SMILES string of the molecule is Cc1ccccc1C(=O)NC(C(=O)N1CCN(c2ccccc2F)CC1)C(C)C. The molecule has 6 heteroatoms. The Balaban J connectivity index is 1.65. The molecule has 1 aliphatic heterocycles. The monoisotopic (exact) mass is 397 g/mol. The molecule has 1 saturated heterocycles. The van der Waals surface area contributed by atoms with E-state index in [1.54, 1.807) is 23.1 Å². The molecule has 2 aromatic rings. The van der Waals surface area contributed by atoms with Gasteiger partial charge in [0, 0.05) is 31.7 Å². The maximum absolute atomic E-state index is 14.0. The lowest BCUT2D eigenvalue weighted by Gasteiger charge is -2.38. The maximum Gasteiger partial charge on any atom is 0.252 e. The second-order valence-corrected chi connectivity index (χ2v) is 7.77. The first-order valence-electron chi connectivity index (χ1n) is 10.0. The number of aryl methyl sites for hydroxylation is 1. The lowest BCUT2D eigenvalue weighted by Crippen LogP contribution is -2.56. The van der Waals surface area contributed by atoms with E-state index in [1.165, 1.54) is 6.07 Å². The summed E-state index contributed by atoms with van der Waals surface area (Å²) >= 11 is 0. The third-order valence-corrected chi connectivity index (χ3v) is 5.39. The molecule has 0 aromatic heterocycles. The number of anilines is 1. The number of nitrogens with one attached hydrogen (secondary N) is 1. The van der Waals surface area contributed by atoms with Gasteiger partial charge in [-0.3, -0.25) is 9.59 Å². The molecule has 5 nitrogen and oxygen atoms in total. The highest BCUT2D eigenvalue weighted by Gasteiger charge is 2.31. The van der Waals surface area contributed by atoms with Gasteiger partial charge < -0.3 is 15.1 Å². The Bertz CT molecular complexity index is 876. The van der Waals surface area contributed by atoms with E-state index in [0.29, 0.717) is 37.4 Å². The van der Waals surface area contributed by atoms with Gasteiger partial charge in [0.2, 0.25) is 5.91 Å². The minimum absolute atomic E-state index is 0.0416. The number of piperazine rings is 1. The van der Waals surface area contributed by atoms with Crippen LogP contribution in [0.15, 0.2) is 48.5 Å². The summed E-state index contributed by atoms with van der Waals surface area (Å²) in [6.07, 6.45) is 0. The van der Waals surface area contributed by atoms with Crippen LogP contribution in [0.2, 0.25) is 0 Å². The van der Waals surface area contributed by atoms with Crippen LogP contribution in [0.5, 0.6) is 0 Å². The van der Waals surface area contributed by atoms with Crippen molar-refractivity contribution in [3.8, 4) is 0 Å². The minimum Gasteiger partial charge on any atom is -0.366 e. The minimum atomic E-state index is -0.595. The van der Waals surface area contributed by atoms with Gasteiger partial charge in [-0.05, 0) is 36.6 Å². The molecule has 0 saturated carbocycles. The van der Waals surface area contributed by atoms with Gasteiger partial charge in [0.15, 0.2) is 0 Å². The van der Waals surface area contributed by atoms with Crippen LogP contribution < -0.4 is 10.2 Å². The number of benzene rings is 2. The number of carbonyl (C=O) groups is 2. The summed E-state index contributed by atoms with van der Waals surface area (Å²) in [6, 6.07) is 13.4. The molecule has 3 rings (SSSR count). The fourth-order valence-corrected chi connectivity index (χ4v) is 3.63. The van der Waals surface area contributed by atoms with Crippen molar-refractivity contribution < 1.29 is 14.0 Å². The number of rotatable bonds is 5. The molecule has 1 unspecified atom stereocenters. The number of carbonyl (C=O) groups excluding carboxylic acids is 2. The van der Waals surface area contributed by atoms with Crippen molar-refractivity contribution in [1.82, 2.24) is 10.2 Å². The quantitative estimate of drug-likeness (QED) is 0.843. The van der Waals surface area contributed by atoms with Crippen molar-refractivity contribution in [2.45, 2.75) is 26.8 Å². The van der Waals surface area contributed by atoms with Crippen molar-refractivity contribution >= 4 is 17.5 Å². The van der Waals surface area contributed by atoms with E-state index < -0.39 is 6.04 Å². The van der Waals surface area contributed by atoms with E-state index in [-0.39, 0.29) is 23.5 Å². The zero-order valence-corrected chi connectivity index (χ0v) is 17.2. The summed E-state index contributed by atoms with van der Waals surface area (Å²) in [5.41, 5.74) is 2.02.